The molecule has 0 aromatic carbocycles. The van der Waals surface area contributed by atoms with Crippen LogP contribution in [0, 0.1) is 6.92 Å². The summed E-state index contributed by atoms with van der Waals surface area (Å²) in [7, 11) is 5.74. The number of aryl methyl sites for hydroxylation is 4. The van der Waals surface area contributed by atoms with Gasteiger partial charge in [0.15, 0.2) is 11.3 Å². The predicted molar refractivity (Wildman–Crippen MR) is 102 cm³/mol. The van der Waals surface area contributed by atoms with Crippen LogP contribution in [-0.2, 0) is 21.1 Å². The van der Waals surface area contributed by atoms with Crippen LogP contribution in [0.4, 0.5) is 0 Å². The van der Waals surface area contributed by atoms with Gasteiger partial charge < -0.3 is 4.57 Å². The molecular weight excluding hydrogens is 364 g/mol. The second-order valence-corrected chi connectivity index (χ2v) is 7.52. The van der Waals surface area contributed by atoms with E-state index < -0.39 is 0 Å². The average molecular weight is 383 g/mol. The van der Waals surface area contributed by atoms with Gasteiger partial charge in [0.1, 0.15) is 16.7 Å². The lowest BCUT2D eigenvalue weighted by Gasteiger charge is -2.01. The first-order chi connectivity index (χ1) is 12.9. The molecule has 9 heteroatoms. The molecular formula is C18H19ClN8. The molecule has 0 amide bonds. The molecule has 0 N–H and O–H groups in total. The normalized spacial score (nSPS) is 19.1. The molecule has 1 aliphatic rings. The Morgan fingerprint density at radius 1 is 1.07 bits per heavy atom. The molecule has 4 aromatic heterocycles. The van der Waals surface area contributed by atoms with Crippen molar-refractivity contribution >= 4 is 22.9 Å². The number of rotatable bonds is 3. The number of hydrogen-bond acceptors (Lipinski definition) is 5. The molecule has 8 nitrogen and oxygen atoms in total. The van der Waals surface area contributed by atoms with Crippen molar-refractivity contribution in [2.75, 3.05) is 0 Å². The zero-order valence-corrected chi connectivity index (χ0v) is 16.3. The van der Waals surface area contributed by atoms with Crippen LogP contribution in [0.1, 0.15) is 35.3 Å². The Labute approximate surface area is 160 Å². The van der Waals surface area contributed by atoms with Crippen molar-refractivity contribution in [3.63, 3.8) is 0 Å². The van der Waals surface area contributed by atoms with Crippen molar-refractivity contribution in [3.05, 3.63) is 40.7 Å². The number of hydrogen-bond donors (Lipinski definition) is 0. The summed E-state index contributed by atoms with van der Waals surface area (Å²) in [5, 5.41) is 9.68. The maximum absolute atomic E-state index is 6.35. The van der Waals surface area contributed by atoms with E-state index >= 15 is 0 Å². The van der Waals surface area contributed by atoms with Gasteiger partial charge in [-0.25, -0.2) is 15.0 Å². The summed E-state index contributed by atoms with van der Waals surface area (Å²) in [6.45, 7) is 1.95. The fourth-order valence-corrected chi connectivity index (χ4v) is 3.88. The van der Waals surface area contributed by atoms with Crippen LogP contribution < -0.4 is 0 Å². The average Bonchev–Trinajstić information content (AvgIpc) is 3.12. The first-order valence-electron chi connectivity index (χ1n) is 8.81. The molecule has 0 bridgehead atoms. The first kappa shape index (κ1) is 16.4. The quantitative estimate of drug-likeness (QED) is 0.544. The SMILES string of the molecule is Cc1nc2ncc(-c3cc([C@H]4C[C@@H]4c4cnn(C)c4Cl)nn3C)nc2n1C. The van der Waals surface area contributed by atoms with Crippen LogP contribution in [0.15, 0.2) is 18.5 Å². The van der Waals surface area contributed by atoms with Crippen molar-refractivity contribution in [2.24, 2.45) is 21.1 Å². The minimum Gasteiger partial charge on any atom is -0.315 e. The van der Waals surface area contributed by atoms with Crippen molar-refractivity contribution in [3.8, 4) is 11.4 Å². The Hall–Kier alpha value is -2.74. The van der Waals surface area contributed by atoms with Gasteiger partial charge in [0.25, 0.3) is 0 Å². The second-order valence-electron chi connectivity index (χ2n) is 7.16. The van der Waals surface area contributed by atoms with Crippen LogP contribution in [0.2, 0.25) is 5.15 Å². The van der Waals surface area contributed by atoms with E-state index in [2.05, 4.69) is 21.1 Å². The molecule has 0 unspecified atom stereocenters. The third-order valence-electron chi connectivity index (χ3n) is 5.43. The third-order valence-corrected chi connectivity index (χ3v) is 5.89. The lowest BCUT2D eigenvalue weighted by atomic mass is 10.1. The zero-order valence-electron chi connectivity index (χ0n) is 15.5. The van der Waals surface area contributed by atoms with E-state index in [1.165, 1.54) is 0 Å². The number of nitrogens with zero attached hydrogens (tertiary/aromatic N) is 8. The maximum atomic E-state index is 6.35. The molecule has 1 fully saturated rings. The number of fused-ring (bicyclic) bond motifs is 1. The predicted octanol–water partition coefficient (Wildman–Crippen LogP) is 2.73. The van der Waals surface area contributed by atoms with Gasteiger partial charge in [-0.2, -0.15) is 10.2 Å². The highest BCUT2D eigenvalue weighted by molar-refractivity contribution is 6.30. The minimum atomic E-state index is 0.363. The Morgan fingerprint density at radius 3 is 2.63 bits per heavy atom. The summed E-state index contributed by atoms with van der Waals surface area (Å²) < 4.78 is 5.52. The highest BCUT2D eigenvalue weighted by Crippen LogP contribution is 2.55. The molecule has 2 atom stereocenters. The minimum absolute atomic E-state index is 0.363. The van der Waals surface area contributed by atoms with Crippen molar-refractivity contribution in [2.45, 2.75) is 25.2 Å². The van der Waals surface area contributed by atoms with E-state index in [0.29, 0.717) is 22.6 Å². The van der Waals surface area contributed by atoms with Gasteiger partial charge in [-0.05, 0) is 25.3 Å². The molecule has 0 aliphatic heterocycles. The van der Waals surface area contributed by atoms with E-state index in [-0.39, 0.29) is 0 Å². The van der Waals surface area contributed by atoms with Gasteiger partial charge in [-0.3, -0.25) is 9.36 Å². The molecule has 0 saturated heterocycles. The smallest absolute Gasteiger partial charge is 0.197 e. The molecule has 5 rings (SSSR count). The van der Waals surface area contributed by atoms with Crippen molar-refractivity contribution < 1.29 is 0 Å². The van der Waals surface area contributed by atoms with Crippen LogP contribution in [0.5, 0.6) is 0 Å². The fourth-order valence-electron chi connectivity index (χ4n) is 3.65. The Balaban J connectivity index is 1.49. The monoisotopic (exact) mass is 382 g/mol. The van der Waals surface area contributed by atoms with Crippen LogP contribution >= 0.6 is 11.6 Å². The lowest BCUT2D eigenvalue weighted by Crippen LogP contribution is -1.98. The van der Waals surface area contributed by atoms with E-state index in [1.807, 2.05) is 43.5 Å². The molecule has 138 valence electrons. The summed E-state index contributed by atoms with van der Waals surface area (Å²) in [6, 6.07) is 2.11. The van der Waals surface area contributed by atoms with Gasteiger partial charge in [0.05, 0.1) is 23.8 Å². The van der Waals surface area contributed by atoms with E-state index in [1.54, 1.807) is 10.9 Å². The molecule has 1 aliphatic carbocycles. The van der Waals surface area contributed by atoms with Crippen molar-refractivity contribution in [1.82, 2.24) is 39.1 Å². The second kappa shape index (κ2) is 5.63. The van der Waals surface area contributed by atoms with Crippen molar-refractivity contribution in [1.29, 1.82) is 0 Å². The fraction of sp³-hybridized carbons (Fsp3) is 0.389. The highest BCUT2D eigenvalue weighted by Gasteiger charge is 2.43. The number of imidazole rings is 1. The van der Waals surface area contributed by atoms with E-state index in [4.69, 9.17) is 21.7 Å². The Morgan fingerprint density at radius 2 is 1.89 bits per heavy atom. The number of aromatic nitrogens is 8. The lowest BCUT2D eigenvalue weighted by molar-refractivity contribution is 0.744. The standard InChI is InChI=1S/C18H19ClN8/c1-9-22-17-18(25(9)2)23-14(8-20-17)15-6-13(24-26(15)3)11-5-10(11)12-7-21-27(4)16(12)19/h6-8,10-11H,5H2,1-4H3/t10-,11-/m0/s1. The largest absolute Gasteiger partial charge is 0.315 e. The molecule has 0 spiro atoms. The molecule has 1 saturated carbocycles. The molecule has 27 heavy (non-hydrogen) atoms. The van der Waals surface area contributed by atoms with Gasteiger partial charge in [-0.1, -0.05) is 11.6 Å². The Bertz CT molecular complexity index is 1180. The topological polar surface area (TPSA) is 79.2 Å². The summed E-state index contributed by atoms with van der Waals surface area (Å²) in [5.74, 6) is 1.63. The summed E-state index contributed by atoms with van der Waals surface area (Å²) in [4.78, 5) is 13.6. The van der Waals surface area contributed by atoms with Gasteiger partial charge >= 0.3 is 0 Å². The number of halogens is 1. The van der Waals surface area contributed by atoms with Gasteiger partial charge in [0.2, 0.25) is 0 Å². The Kier molecular flexibility index (Phi) is 3.42. The highest BCUT2D eigenvalue weighted by atomic mass is 35.5. The molecule has 4 aromatic rings. The van der Waals surface area contributed by atoms with Crippen LogP contribution in [-0.4, -0.2) is 39.1 Å². The first-order valence-corrected chi connectivity index (χ1v) is 9.19. The van der Waals surface area contributed by atoms with Gasteiger partial charge in [-0.15, -0.1) is 0 Å². The maximum Gasteiger partial charge on any atom is 0.197 e. The van der Waals surface area contributed by atoms with E-state index in [9.17, 15) is 0 Å². The summed E-state index contributed by atoms with van der Waals surface area (Å²) in [5.41, 5.74) is 5.33. The molecule has 4 heterocycles. The van der Waals surface area contributed by atoms with Crippen LogP contribution in [0.3, 0.4) is 0 Å². The summed E-state index contributed by atoms with van der Waals surface area (Å²) in [6.07, 6.45) is 4.66. The molecule has 0 radical (unpaired) electrons. The van der Waals surface area contributed by atoms with Crippen LogP contribution in [0.25, 0.3) is 22.7 Å². The van der Waals surface area contributed by atoms with E-state index in [0.717, 1.165) is 40.5 Å². The zero-order chi connectivity index (χ0) is 18.9. The summed E-state index contributed by atoms with van der Waals surface area (Å²) >= 11 is 6.35. The third kappa shape index (κ3) is 2.47. The van der Waals surface area contributed by atoms with Gasteiger partial charge in [0, 0.05) is 32.6 Å².